The molecule has 2 aromatic carbocycles. The molecule has 3 aromatic rings. The van der Waals surface area contributed by atoms with Crippen molar-refractivity contribution in [3.05, 3.63) is 88.2 Å². The van der Waals surface area contributed by atoms with Crippen molar-refractivity contribution in [1.29, 1.82) is 0 Å². The highest BCUT2D eigenvalue weighted by atomic mass is 16.2. The zero-order valence-corrected chi connectivity index (χ0v) is 15.8. The summed E-state index contributed by atoms with van der Waals surface area (Å²) >= 11 is 0. The second-order valence-corrected chi connectivity index (χ2v) is 6.93. The second kappa shape index (κ2) is 6.49. The van der Waals surface area contributed by atoms with Crippen molar-refractivity contribution in [3.8, 4) is 5.69 Å². The predicted molar refractivity (Wildman–Crippen MR) is 104 cm³/mol. The molecular weight excluding hydrogens is 354 g/mol. The summed E-state index contributed by atoms with van der Waals surface area (Å²) < 4.78 is 2.08. The highest BCUT2D eigenvalue weighted by molar-refractivity contribution is 6.22. The lowest BCUT2D eigenvalue weighted by Gasteiger charge is -2.15. The van der Waals surface area contributed by atoms with Gasteiger partial charge in [-0.2, -0.15) is 5.01 Å². The zero-order valence-electron chi connectivity index (χ0n) is 15.8. The second-order valence-electron chi connectivity index (χ2n) is 6.93. The normalized spacial score (nSPS) is 13.0. The van der Waals surface area contributed by atoms with E-state index in [0.717, 1.165) is 27.6 Å². The molecule has 0 radical (unpaired) electrons. The molecule has 28 heavy (non-hydrogen) atoms. The first-order valence-electron chi connectivity index (χ1n) is 8.92. The molecule has 3 amide bonds. The summed E-state index contributed by atoms with van der Waals surface area (Å²) in [7, 11) is 0. The number of hydrogen-bond acceptors (Lipinski definition) is 3. The van der Waals surface area contributed by atoms with Gasteiger partial charge >= 0.3 is 0 Å². The van der Waals surface area contributed by atoms with Gasteiger partial charge in [0.1, 0.15) is 0 Å². The maximum Gasteiger partial charge on any atom is 0.280 e. The number of benzene rings is 2. The maximum absolute atomic E-state index is 12.6. The standard InChI is InChI=1S/C22H19N3O3/c1-13-4-11-18-19(12-13)22(28)25(21(18)27)23-20(26)16-7-9-17(10-8-16)24-14(2)5-6-15(24)3/h4-12H,1-3H3,(H,23,26). The fraction of sp³-hybridized carbons (Fsp3) is 0.136. The molecule has 4 rings (SSSR count). The van der Waals surface area contributed by atoms with Crippen LogP contribution in [0.2, 0.25) is 0 Å². The van der Waals surface area contributed by atoms with Gasteiger partial charge in [0.15, 0.2) is 0 Å². The van der Waals surface area contributed by atoms with E-state index in [9.17, 15) is 14.4 Å². The van der Waals surface area contributed by atoms with E-state index in [1.807, 2.05) is 45.0 Å². The molecule has 6 nitrogen and oxygen atoms in total. The molecule has 0 fully saturated rings. The highest BCUT2D eigenvalue weighted by Crippen LogP contribution is 2.23. The number of fused-ring (bicyclic) bond motifs is 1. The largest absolute Gasteiger partial charge is 0.319 e. The quantitative estimate of drug-likeness (QED) is 0.716. The maximum atomic E-state index is 12.6. The monoisotopic (exact) mass is 373 g/mol. The molecule has 0 saturated heterocycles. The average molecular weight is 373 g/mol. The van der Waals surface area contributed by atoms with Crippen molar-refractivity contribution in [2.45, 2.75) is 20.8 Å². The van der Waals surface area contributed by atoms with E-state index in [1.54, 1.807) is 30.3 Å². The number of rotatable bonds is 3. The Morgan fingerprint density at radius 1 is 0.786 bits per heavy atom. The van der Waals surface area contributed by atoms with Crippen LogP contribution in [0.5, 0.6) is 0 Å². The summed E-state index contributed by atoms with van der Waals surface area (Å²) in [6, 6.07) is 16.1. The van der Waals surface area contributed by atoms with Crippen molar-refractivity contribution in [3.63, 3.8) is 0 Å². The lowest BCUT2D eigenvalue weighted by molar-refractivity contribution is 0.0518. The number of imide groups is 1. The fourth-order valence-electron chi connectivity index (χ4n) is 3.46. The van der Waals surface area contributed by atoms with Gasteiger partial charge in [-0.25, -0.2) is 0 Å². The molecule has 2 heterocycles. The molecule has 0 saturated carbocycles. The summed E-state index contributed by atoms with van der Waals surface area (Å²) in [6.07, 6.45) is 0. The van der Waals surface area contributed by atoms with Gasteiger partial charge in [-0.05, 0) is 69.3 Å². The number of nitrogens with one attached hydrogen (secondary N) is 1. The van der Waals surface area contributed by atoms with E-state index in [4.69, 9.17) is 0 Å². The molecule has 0 spiro atoms. The minimum Gasteiger partial charge on any atom is -0.319 e. The van der Waals surface area contributed by atoms with Gasteiger partial charge in [0.25, 0.3) is 17.7 Å². The molecule has 0 bridgehead atoms. The predicted octanol–water partition coefficient (Wildman–Crippen LogP) is 3.34. The third kappa shape index (κ3) is 2.79. The number of aryl methyl sites for hydroxylation is 3. The summed E-state index contributed by atoms with van der Waals surface area (Å²) in [4.78, 5) is 37.5. The number of carbonyl (C=O) groups is 3. The minimum absolute atomic E-state index is 0.296. The molecule has 1 aliphatic heterocycles. The highest BCUT2D eigenvalue weighted by Gasteiger charge is 2.37. The SMILES string of the molecule is Cc1ccc2c(c1)C(=O)N(NC(=O)c1ccc(-n3c(C)ccc3C)cc1)C2=O. The topological polar surface area (TPSA) is 71.4 Å². The number of carbonyl (C=O) groups excluding carboxylic acids is 3. The summed E-state index contributed by atoms with van der Waals surface area (Å²) in [6.45, 7) is 5.87. The van der Waals surface area contributed by atoms with Crippen molar-refractivity contribution in [2.75, 3.05) is 0 Å². The Morgan fingerprint density at radius 3 is 2.04 bits per heavy atom. The third-order valence-electron chi connectivity index (χ3n) is 4.91. The van der Waals surface area contributed by atoms with Gasteiger partial charge in [-0.15, -0.1) is 0 Å². The molecule has 1 aliphatic rings. The van der Waals surface area contributed by atoms with Crippen LogP contribution in [0.3, 0.4) is 0 Å². The lowest BCUT2D eigenvalue weighted by Crippen LogP contribution is -2.45. The molecule has 6 heteroatoms. The Bertz CT molecular complexity index is 1110. The van der Waals surface area contributed by atoms with Crippen molar-refractivity contribution in [2.24, 2.45) is 0 Å². The van der Waals surface area contributed by atoms with Crippen LogP contribution < -0.4 is 5.43 Å². The van der Waals surface area contributed by atoms with E-state index in [1.165, 1.54) is 0 Å². The molecule has 140 valence electrons. The van der Waals surface area contributed by atoms with Crippen molar-refractivity contribution >= 4 is 17.7 Å². The molecule has 0 unspecified atom stereocenters. The summed E-state index contributed by atoms with van der Waals surface area (Å²) in [5.74, 6) is -1.56. The van der Waals surface area contributed by atoms with Gasteiger partial charge in [-0.1, -0.05) is 11.6 Å². The van der Waals surface area contributed by atoms with Gasteiger partial charge in [-0.3, -0.25) is 19.8 Å². The van der Waals surface area contributed by atoms with E-state index in [2.05, 4.69) is 9.99 Å². The van der Waals surface area contributed by atoms with E-state index < -0.39 is 17.7 Å². The first-order valence-corrected chi connectivity index (χ1v) is 8.92. The van der Waals surface area contributed by atoms with Crippen molar-refractivity contribution in [1.82, 2.24) is 15.0 Å². The molecule has 0 atom stereocenters. The van der Waals surface area contributed by atoms with E-state index >= 15 is 0 Å². The molecule has 0 aliphatic carbocycles. The van der Waals surface area contributed by atoms with E-state index in [-0.39, 0.29) is 0 Å². The average Bonchev–Trinajstić information content (AvgIpc) is 3.13. The van der Waals surface area contributed by atoms with Gasteiger partial charge in [0.05, 0.1) is 11.1 Å². The minimum atomic E-state index is -0.524. The zero-order chi connectivity index (χ0) is 20.0. The van der Waals surface area contributed by atoms with Crippen LogP contribution in [0, 0.1) is 20.8 Å². The summed E-state index contributed by atoms with van der Waals surface area (Å²) in [5.41, 5.74) is 7.39. The fourth-order valence-corrected chi connectivity index (χ4v) is 3.46. The van der Waals surface area contributed by atoms with Gasteiger partial charge in [0, 0.05) is 22.6 Å². The third-order valence-corrected chi connectivity index (χ3v) is 4.91. The van der Waals surface area contributed by atoms with Gasteiger partial charge in [0.2, 0.25) is 0 Å². The molecule has 1 aromatic heterocycles. The van der Waals surface area contributed by atoms with Crippen LogP contribution in [0.25, 0.3) is 5.69 Å². The van der Waals surface area contributed by atoms with Crippen molar-refractivity contribution < 1.29 is 14.4 Å². The lowest BCUT2D eigenvalue weighted by atomic mass is 10.1. The van der Waals surface area contributed by atoms with Crippen LogP contribution >= 0.6 is 0 Å². The first kappa shape index (κ1) is 17.7. The Labute approximate surface area is 162 Å². The van der Waals surface area contributed by atoms with Gasteiger partial charge < -0.3 is 4.57 Å². The Balaban J connectivity index is 1.55. The van der Waals surface area contributed by atoms with Crippen LogP contribution in [0.15, 0.2) is 54.6 Å². The number of aromatic nitrogens is 1. The van der Waals surface area contributed by atoms with Crippen LogP contribution in [0.1, 0.15) is 48.0 Å². The Hall–Kier alpha value is -3.67. The van der Waals surface area contributed by atoms with Crippen LogP contribution in [0.4, 0.5) is 0 Å². The first-order chi connectivity index (χ1) is 13.4. The molecule has 1 N–H and O–H groups in total. The number of hydrazine groups is 1. The Morgan fingerprint density at radius 2 is 1.39 bits per heavy atom. The van der Waals surface area contributed by atoms with Crippen LogP contribution in [-0.2, 0) is 0 Å². The number of amides is 3. The Kier molecular flexibility index (Phi) is 4.11. The number of hydrogen-bond donors (Lipinski definition) is 1. The summed E-state index contributed by atoms with van der Waals surface area (Å²) in [5, 5.41) is 0.778. The van der Waals surface area contributed by atoms with Crippen LogP contribution in [-0.4, -0.2) is 27.3 Å². The molecular formula is C22H19N3O3. The smallest absolute Gasteiger partial charge is 0.280 e. The number of nitrogens with zero attached hydrogens (tertiary/aromatic N) is 2. The van der Waals surface area contributed by atoms with E-state index in [0.29, 0.717) is 16.7 Å².